The van der Waals surface area contributed by atoms with E-state index in [4.69, 9.17) is 13.7 Å². The van der Waals surface area contributed by atoms with Crippen molar-refractivity contribution in [2.24, 2.45) is 0 Å². The molecule has 1 aliphatic heterocycles. The fraction of sp³-hybridized carbons (Fsp3) is 0.160. The first-order valence-corrected chi connectivity index (χ1v) is 10.6. The second-order valence-corrected chi connectivity index (χ2v) is 7.90. The van der Waals surface area contributed by atoms with E-state index in [1.54, 1.807) is 43.0 Å². The van der Waals surface area contributed by atoms with Crippen LogP contribution >= 0.6 is 0 Å². The van der Waals surface area contributed by atoms with Gasteiger partial charge in [0.15, 0.2) is 12.4 Å². The lowest BCUT2D eigenvalue weighted by Crippen LogP contribution is -2.27. The predicted octanol–water partition coefficient (Wildman–Crippen LogP) is 3.84. The number of nitrogens with zero attached hydrogens (tertiary/aromatic N) is 5. The van der Waals surface area contributed by atoms with E-state index < -0.39 is 18.4 Å². The Morgan fingerprint density at radius 2 is 1.83 bits per heavy atom. The molecule has 4 heterocycles. The molecule has 35 heavy (non-hydrogen) atoms. The summed E-state index contributed by atoms with van der Waals surface area (Å²) in [7, 11) is 3.54. The number of ether oxygens (including phenoxy) is 1. The van der Waals surface area contributed by atoms with Gasteiger partial charge < -0.3 is 23.5 Å². The number of carbonyl (C=O) groups excluding carboxylic acids is 2. The number of benzene rings is 1. The molecular weight excluding hydrogens is 450 g/mol. The number of rotatable bonds is 5. The highest BCUT2D eigenvalue weighted by Gasteiger charge is 2.32. The van der Waals surface area contributed by atoms with Crippen molar-refractivity contribution in [2.75, 3.05) is 30.5 Å². The zero-order valence-corrected chi connectivity index (χ0v) is 19.1. The Morgan fingerprint density at radius 1 is 1.11 bits per heavy atom. The first-order chi connectivity index (χ1) is 16.9. The highest BCUT2D eigenvalue weighted by Crippen LogP contribution is 2.40. The number of Topliss-reactive ketones (excluding diaryl/α,β-unsaturated/α-hetero) is 1. The first kappa shape index (κ1) is 21.9. The van der Waals surface area contributed by atoms with Crippen molar-refractivity contribution in [1.82, 2.24) is 10.1 Å². The van der Waals surface area contributed by atoms with Crippen molar-refractivity contribution >= 4 is 34.2 Å². The topological polar surface area (TPSA) is 126 Å². The highest BCUT2D eigenvalue weighted by molar-refractivity contribution is 6.07. The summed E-state index contributed by atoms with van der Waals surface area (Å²) in [5, 5.41) is 14.0. The molecule has 0 aliphatic carbocycles. The Kier molecular flexibility index (Phi) is 5.30. The van der Waals surface area contributed by atoms with E-state index in [9.17, 15) is 14.9 Å². The van der Waals surface area contributed by atoms with Crippen LogP contribution in [0.5, 0.6) is 0 Å². The number of hydrogen-bond donors (Lipinski definition) is 0. The van der Waals surface area contributed by atoms with Crippen molar-refractivity contribution in [1.29, 1.82) is 5.26 Å². The number of aromatic nitrogens is 2. The summed E-state index contributed by atoms with van der Waals surface area (Å²) in [5.74, 6) is -0.560. The van der Waals surface area contributed by atoms with Crippen LogP contribution in [0.2, 0.25) is 0 Å². The number of anilines is 2. The van der Waals surface area contributed by atoms with Crippen molar-refractivity contribution in [3.05, 3.63) is 71.4 Å². The summed E-state index contributed by atoms with van der Waals surface area (Å²) >= 11 is 0. The van der Waals surface area contributed by atoms with Crippen LogP contribution in [0.4, 0.5) is 11.4 Å². The van der Waals surface area contributed by atoms with Crippen LogP contribution in [-0.4, -0.2) is 42.6 Å². The molecule has 174 valence electrons. The minimum atomic E-state index is -0.774. The van der Waals surface area contributed by atoms with Crippen molar-refractivity contribution < 1.29 is 23.3 Å². The van der Waals surface area contributed by atoms with E-state index in [2.05, 4.69) is 10.1 Å². The minimum absolute atomic E-state index is 0.115. The van der Waals surface area contributed by atoms with E-state index >= 15 is 0 Å². The van der Waals surface area contributed by atoms with Crippen LogP contribution < -0.4 is 9.80 Å². The highest BCUT2D eigenvalue weighted by atomic mass is 16.5. The second kappa shape index (κ2) is 8.46. The lowest BCUT2D eigenvalue weighted by atomic mass is 10.1. The Labute approximate surface area is 199 Å². The molecule has 1 aromatic carbocycles. The number of pyridine rings is 1. The summed E-state index contributed by atoms with van der Waals surface area (Å²) in [6.07, 6.45) is 1.48. The fourth-order valence-corrected chi connectivity index (χ4v) is 4.14. The third kappa shape index (κ3) is 3.59. The van der Waals surface area contributed by atoms with Gasteiger partial charge in [0.1, 0.15) is 23.2 Å². The smallest absolute Gasteiger partial charge is 0.339 e. The maximum Gasteiger partial charge on any atom is 0.339 e. The Balaban J connectivity index is 1.43. The molecule has 0 bridgehead atoms. The summed E-state index contributed by atoms with van der Waals surface area (Å²) in [4.78, 5) is 33.9. The van der Waals surface area contributed by atoms with Gasteiger partial charge in [-0.2, -0.15) is 5.26 Å². The first-order valence-electron chi connectivity index (χ1n) is 10.6. The molecule has 5 rings (SSSR count). The van der Waals surface area contributed by atoms with Gasteiger partial charge in [0, 0.05) is 14.1 Å². The number of hydrogen-bond acceptors (Lipinski definition) is 10. The molecular formula is C25H19N5O5. The third-order valence-corrected chi connectivity index (χ3v) is 5.80. The van der Waals surface area contributed by atoms with E-state index in [-0.39, 0.29) is 16.9 Å². The molecule has 0 spiro atoms. The molecule has 0 N–H and O–H groups in total. The monoisotopic (exact) mass is 469 g/mol. The van der Waals surface area contributed by atoms with Crippen molar-refractivity contribution in [3.8, 4) is 17.5 Å². The summed E-state index contributed by atoms with van der Waals surface area (Å²) in [5.41, 5.74) is 2.66. The number of esters is 1. The maximum atomic E-state index is 13.1. The van der Waals surface area contributed by atoms with E-state index in [1.807, 2.05) is 30.3 Å². The number of furan rings is 1. The molecule has 0 fully saturated rings. The quantitative estimate of drug-likeness (QED) is 0.242. The van der Waals surface area contributed by atoms with Crippen LogP contribution in [0.3, 0.4) is 0 Å². The van der Waals surface area contributed by atoms with Crippen LogP contribution in [0.25, 0.3) is 22.6 Å². The van der Waals surface area contributed by atoms with Crippen molar-refractivity contribution in [2.45, 2.75) is 6.92 Å². The van der Waals surface area contributed by atoms with Gasteiger partial charge >= 0.3 is 5.97 Å². The predicted molar refractivity (Wildman–Crippen MR) is 125 cm³/mol. The molecule has 10 nitrogen and oxygen atoms in total. The third-order valence-electron chi connectivity index (χ3n) is 5.80. The van der Waals surface area contributed by atoms with Crippen LogP contribution in [0, 0.1) is 18.3 Å². The average Bonchev–Trinajstić information content (AvgIpc) is 3.59. The second-order valence-electron chi connectivity index (χ2n) is 7.90. The largest absolute Gasteiger partial charge is 0.463 e. The number of fused-ring (bicyclic) bond motifs is 2. The summed E-state index contributed by atoms with van der Waals surface area (Å²) in [6.45, 7) is 1.05. The average molecular weight is 469 g/mol. The fourth-order valence-electron chi connectivity index (χ4n) is 4.14. The van der Waals surface area contributed by atoms with Crippen LogP contribution in [0.1, 0.15) is 16.1 Å². The standard InChI is InChI=1S/C25H19N5O5/c1-14-22-15(11-17(21-9-6-10-33-21)27-23(22)35-28-14)25(32)34-13-20(31)16(12-26)24-29(2)18-7-4-5-8-19(18)30(24)3/h4-11H,13H2,1-3H3. The lowest BCUT2D eigenvalue weighted by Gasteiger charge is -2.19. The van der Waals surface area contributed by atoms with E-state index in [1.165, 1.54) is 12.3 Å². The molecule has 4 aromatic rings. The molecule has 0 radical (unpaired) electrons. The van der Waals surface area contributed by atoms with Gasteiger partial charge in [-0.1, -0.05) is 17.3 Å². The lowest BCUT2D eigenvalue weighted by molar-refractivity contribution is -0.118. The molecule has 0 amide bonds. The number of aryl methyl sites for hydroxylation is 1. The van der Waals surface area contributed by atoms with Gasteiger partial charge in [-0.3, -0.25) is 4.79 Å². The van der Waals surface area contributed by atoms with Crippen molar-refractivity contribution in [3.63, 3.8) is 0 Å². The Hall–Kier alpha value is -4.91. The molecule has 0 saturated heterocycles. The molecule has 10 heteroatoms. The van der Waals surface area contributed by atoms with Gasteiger partial charge in [0.05, 0.1) is 34.3 Å². The van der Waals surface area contributed by atoms with Crippen LogP contribution in [0.15, 0.2) is 69.1 Å². The number of ketones is 1. The van der Waals surface area contributed by atoms with Crippen LogP contribution in [-0.2, 0) is 9.53 Å². The minimum Gasteiger partial charge on any atom is -0.463 e. The molecule has 0 unspecified atom stereocenters. The van der Waals surface area contributed by atoms with Gasteiger partial charge in [-0.15, -0.1) is 0 Å². The maximum absolute atomic E-state index is 13.1. The summed E-state index contributed by atoms with van der Waals surface area (Å²) in [6, 6.07) is 14.4. The van der Waals surface area contributed by atoms with Gasteiger partial charge in [0.2, 0.25) is 5.78 Å². The Bertz CT molecular complexity index is 1510. The Morgan fingerprint density at radius 3 is 2.46 bits per heavy atom. The molecule has 0 saturated carbocycles. The van der Waals surface area contributed by atoms with E-state index in [0.29, 0.717) is 28.4 Å². The number of carbonyl (C=O) groups is 2. The zero-order chi connectivity index (χ0) is 24.7. The van der Waals surface area contributed by atoms with E-state index in [0.717, 1.165) is 11.4 Å². The molecule has 1 aliphatic rings. The SMILES string of the molecule is Cc1noc2nc(-c3ccco3)cc(C(=O)OCC(=O)C(C#N)=C3N(C)c4ccccc4N3C)c12. The van der Waals surface area contributed by atoms with Gasteiger partial charge in [-0.05, 0) is 37.3 Å². The number of nitriles is 1. The zero-order valence-electron chi connectivity index (χ0n) is 19.1. The molecule has 0 atom stereocenters. The van der Waals surface area contributed by atoms with Gasteiger partial charge in [0.25, 0.3) is 5.71 Å². The van der Waals surface area contributed by atoms with Gasteiger partial charge in [-0.25, -0.2) is 9.78 Å². The number of para-hydroxylation sites is 2. The molecule has 3 aromatic heterocycles. The normalized spacial score (nSPS) is 12.6. The summed E-state index contributed by atoms with van der Waals surface area (Å²) < 4.78 is 16.0.